The van der Waals surface area contributed by atoms with Crippen LogP contribution in [0.4, 0.5) is 0 Å². The molecule has 2 N–H and O–H groups in total. The van der Waals surface area contributed by atoms with E-state index in [1.165, 1.54) is 29.7 Å². The molecule has 0 aromatic heterocycles. The Hall–Kier alpha value is -0.960. The van der Waals surface area contributed by atoms with Gasteiger partial charge in [0.25, 0.3) is 0 Å². The van der Waals surface area contributed by atoms with Gasteiger partial charge in [0.1, 0.15) is 0 Å². The summed E-state index contributed by atoms with van der Waals surface area (Å²) in [6.45, 7) is 2.71. The first kappa shape index (κ1) is 20.4. The van der Waals surface area contributed by atoms with E-state index in [2.05, 4.69) is 33.8 Å². The van der Waals surface area contributed by atoms with Gasteiger partial charge in [-0.05, 0) is 36.1 Å². The number of thioether (sulfide) groups is 1. The summed E-state index contributed by atoms with van der Waals surface area (Å²) in [5.41, 5.74) is 2.62. The van der Waals surface area contributed by atoms with Crippen molar-refractivity contribution >= 4 is 47.6 Å². The number of nitrogens with zero attached hydrogens (tertiary/aromatic N) is 2. The summed E-state index contributed by atoms with van der Waals surface area (Å²) in [5, 5.41) is 7.15. The first-order valence-corrected chi connectivity index (χ1v) is 9.72. The van der Waals surface area contributed by atoms with Crippen molar-refractivity contribution in [1.29, 1.82) is 0 Å². The van der Waals surface area contributed by atoms with Gasteiger partial charge in [-0.15, -0.1) is 24.0 Å². The third-order valence-corrected chi connectivity index (χ3v) is 6.03. The zero-order valence-electron chi connectivity index (χ0n) is 14.7. The van der Waals surface area contributed by atoms with Crippen LogP contribution in [0, 0.1) is 0 Å². The summed E-state index contributed by atoms with van der Waals surface area (Å²) in [4.78, 5) is 18.6. The first-order chi connectivity index (χ1) is 11.8. The van der Waals surface area contributed by atoms with Gasteiger partial charge >= 0.3 is 0 Å². The number of halogens is 1. The summed E-state index contributed by atoms with van der Waals surface area (Å²) in [6, 6.07) is 8.37. The Morgan fingerprint density at radius 3 is 2.84 bits per heavy atom. The minimum atomic E-state index is 0. The van der Waals surface area contributed by atoms with E-state index >= 15 is 0 Å². The molecule has 3 rings (SSSR count). The molecule has 1 aromatic rings. The Kier molecular flexibility index (Phi) is 8.35. The van der Waals surface area contributed by atoms with Crippen molar-refractivity contribution in [3.8, 4) is 0 Å². The van der Waals surface area contributed by atoms with E-state index in [4.69, 9.17) is 0 Å². The maximum absolute atomic E-state index is 12.5. The van der Waals surface area contributed by atoms with Gasteiger partial charge in [0, 0.05) is 31.9 Å². The SMILES string of the molecule is CN=C(NCC(=O)N1CCc2ccccc2C1)NCC1CCCS1.I. The molecule has 1 saturated heterocycles. The lowest BCUT2D eigenvalue weighted by Crippen LogP contribution is -2.46. The van der Waals surface area contributed by atoms with Crippen LogP contribution in [0.3, 0.4) is 0 Å². The van der Waals surface area contributed by atoms with Crippen LogP contribution in [-0.4, -0.2) is 54.5 Å². The standard InChI is InChI=1S/C18H26N4OS.HI/c1-19-18(20-11-16-7-4-10-24-16)21-12-17(23)22-9-8-14-5-2-3-6-15(14)13-22;/h2-3,5-6,16H,4,7-13H2,1H3,(H2,19,20,21);1H. The van der Waals surface area contributed by atoms with E-state index in [1.807, 2.05) is 22.7 Å². The van der Waals surface area contributed by atoms with E-state index in [1.54, 1.807) is 7.05 Å². The number of rotatable bonds is 4. The second-order valence-electron chi connectivity index (χ2n) is 6.28. The monoisotopic (exact) mass is 474 g/mol. The van der Waals surface area contributed by atoms with Gasteiger partial charge in [-0.3, -0.25) is 9.79 Å². The number of guanidine groups is 1. The minimum Gasteiger partial charge on any atom is -0.355 e. The summed E-state index contributed by atoms with van der Waals surface area (Å²) in [5.74, 6) is 2.10. The molecule has 2 heterocycles. The Bertz CT molecular complexity index is 604. The summed E-state index contributed by atoms with van der Waals surface area (Å²) >= 11 is 2.01. The van der Waals surface area contributed by atoms with Crippen molar-refractivity contribution in [2.24, 2.45) is 4.99 Å². The normalized spacial score (nSPS) is 19.8. The number of fused-ring (bicyclic) bond motifs is 1. The van der Waals surface area contributed by atoms with E-state index in [9.17, 15) is 4.79 Å². The molecule has 7 heteroatoms. The number of hydrogen-bond acceptors (Lipinski definition) is 3. The van der Waals surface area contributed by atoms with Gasteiger partial charge in [0.2, 0.25) is 5.91 Å². The highest BCUT2D eigenvalue weighted by molar-refractivity contribution is 14.0. The van der Waals surface area contributed by atoms with Crippen LogP contribution in [0.1, 0.15) is 24.0 Å². The van der Waals surface area contributed by atoms with Gasteiger partial charge in [-0.25, -0.2) is 0 Å². The molecule has 1 aromatic carbocycles. The molecule has 1 unspecified atom stereocenters. The smallest absolute Gasteiger partial charge is 0.242 e. The van der Waals surface area contributed by atoms with Gasteiger partial charge < -0.3 is 15.5 Å². The van der Waals surface area contributed by atoms with Crippen LogP contribution in [0.25, 0.3) is 0 Å². The van der Waals surface area contributed by atoms with Crippen molar-refractivity contribution in [2.45, 2.75) is 31.1 Å². The number of nitrogens with one attached hydrogen (secondary N) is 2. The lowest BCUT2D eigenvalue weighted by Gasteiger charge is -2.29. The lowest BCUT2D eigenvalue weighted by atomic mass is 10.00. The molecule has 0 bridgehead atoms. The van der Waals surface area contributed by atoms with E-state index in [0.717, 1.165) is 19.5 Å². The largest absolute Gasteiger partial charge is 0.355 e. The molecular weight excluding hydrogens is 447 g/mol. The van der Waals surface area contributed by atoms with Crippen LogP contribution < -0.4 is 10.6 Å². The lowest BCUT2D eigenvalue weighted by molar-refractivity contribution is -0.130. The van der Waals surface area contributed by atoms with Crippen molar-refractivity contribution in [3.05, 3.63) is 35.4 Å². The molecule has 5 nitrogen and oxygen atoms in total. The summed E-state index contributed by atoms with van der Waals surface area (Å²) in [7, 11) is 1.75. The number of benzene rings is 1. The molecule has 2 aliphatic heterocycles. The maximum atomic E-state index is 12.5. The molecule has 0 radical (unpaired) electrons. The predicted octanol–water partition coefficient (Wildman–Crippen LogP) is 2.25. The zero-order valence-corrected chi connectivity index (χ0v) is 17.8. The van der Waals surface area contributed by atoms with Crippen molar-refractivity contribution < 1.29 is 4.79 Å². The summed E-state index contributed by atoms with van der Waals surface area (Å²) < 4.78 is 0. The van der Waals surface area contributed by atoms with Gasteiger partial charge in [-0.2, -0.15) is 11.8 Å². The van der Waals surface area contributed by atoms with E-state index in [-0.39, 0.29) is 29.9 Å². The van der Waals surface area contributed by atoms with Crippen LogP contribution >= 0.6 is 35.7 Å². The third-order valence-electron chi connectivity index (χ3n) is 4.64. The highest BCUT2D eigenvalue weighted by Gasteiger charge is 2.20. The van der Waals surface area contributed by atoms with E-state index < -0.39 is 0 Å². The molecule has 0 saturated carbocycles. The van der Waals surface area contributed by atoms with E-state index in [0.29, 0.717) is 24.3 Å². The molecule has 1 atom stereocenters. The van der Waals surface area contributed by atoms with Gasteiger partial charge in [-0.1, -0.05) is 24.3 Å². The number of amides is 1. The second kappa shape index (κ2) is 10.3. The Morgan fingerprint density at radius 1 is 1.32 bits per heavy atom. The van der Waals surface area contributed by atoms with Gasteiger partial charge in [0.15, 0.2) is 5.96 Å². The maximum Gasteiger partial charge on any atom is 0.242 e. The predicted molar refractivity (Wildman–Crippen MR) is 116 cm³/mol. The summed E-state index contributed by atoms with van der Waals surface area (Å²) in [6.07, 6.45) is 3.51. The van der Waals surface area contributed by atoms with Crippen molar-refractivity contribution in [3.63, 3.8) is 0 Å². The molecule has 0 aliphatic carbocycles. The first-order valence-electron chi connectivity index (χ1n) is 8.67. The Labute approximate surface area is 171 Å². The molecule has 138 valence electrons. The highest BCUT2D eigenvalue weighted by atomic mass is 127. The average Bonchev–Trinajstić information content (AvgIpc) is 3.14. The average molecular weight is 474 g/mol. The molecule has 25 heavy (non-hydrogen) atoms. The van der Waals surface area contributed by atoms with Gasteiger partial charge in [0.05, 0.1) is 6.54 Å². The third kappa shape index (κ3) is 5.77. The fraction of sp³-hybridized carbons (Fsp3) is 0.556. The number of hydrogen-bond donors (Lipinski definition) is 2. The van der Waals surface area contributed by atoms with Crippen LogP contribution in [0.2, 0.25) is 0 Å². The zero-order chi connectivity index (χ0) is 16.8. The van der Waals surface area contributed by atoms with Crippen LogP contribution in [-0.2, 0) is 17.8 Å². The van der Waals surface area contributed by atoms with Crippen LogP contribution in [0.15, 0.2) is 29.3 Å². The molecule has 0 spiro atoms. The minimum absolute atomic E-state index is 0. The molecular formula is C18H27IN4OS. The number of aliphatic imine (C=N–C) groups is 1. The quantitative estimate of drug-likeness (QED) is 0.400. The molecule has 2 aliphatic rings. The van der Waals surface area contributed by atoms with Crippen molar-refractivity contribution in [2.75, 3.05) is 32.4 Å². The number of carbonyl (C=O) groups is 1. The Morgan fingerprint density at radius 2 is 2.12 bits per heavy atom. The molecule has 1 fully saturated rings. The second-order valence-corrected chi connectivity index (χ2v) is 7.68. The number of carbonyl (C=O) groups excluding carboxylic acids is 1. The molecule has 1 amide bonds. The van der Waals surface area contributed by atoms with Crippen molar-refractivity contribution in [1.82, 2.24) is 15.5 Å². The topological polar surface area (TPSA) is 56.7 Å². The Balaban J connectivity index is 0.00000225. The van der Waals surface area contributed by atoms with Crippen LogP contribution in [0.5, 0.6) is 0 Å². The fourth-order valence-corrected chi connectivity index (χ4v) is 4.42. The fourth-order valence-electron chi connectivity index (χ4n) is 3.22. The highest BCUT2D eigenvalue weighted by Crippen LogP contribution is 2.25.